The summed E-state index contributed by atoms with van der Waals surface area (Å²) in [4.78, 5) is 38.2. The number of halogens is 2. The number of anilines is 1. The Bertz CT molecular complexity index is 1920. The van der Waals surface area contributed by atoms with Gasteiger partial charge >= 0.3 is 5.97 Å². The maximum absolute atomic E-state index is 12.9. The van der Waals surface area contributed by atoms with Crippen LogP contribution < -0.4 is 20.2 Å². The second-order valence-electron chi connectivity index (χ2n) is 9.42. The van der Waals surface area contributed by atoms with Gasteiger partial charge < -0.3 is 14.8 Å². The number of fused-ring (bicyclic) bond motifs is 1. The summed E-state index contributed by atoms with van der Waals surface area (Å²) in [5.41, 5.74) is 4.78. The molecule has 0 atom stereocenters. The molecule has 5 rings (SSSR count). The lowest BCUT2D eigenvalue weighted by atomic mass is 10.2. The maximum atomic E-state index is 12.9. The van der Waals surface area contributed by atoms with Gasteiger partial charge in [0, 0.05) is 32.4 Å². The minimum absolute atomic E-state index is 0.256. The number of thiophene rings is 1. The van der Waals surface area contributed by atoms with Crippen LogP contribution in [0.15, 0.2) is 102 Å². The topological polar surface area (TPSA) is 106 Å². The number of benzene rings is 4. The molecule has 2 N–H and O–H groups in total. The zero-order valence-electron chi connectivity index (χ0n) is 23.8. The van der Waals surface area contributed by atoms with Crippen molar-refractivity contribution in [2.75, 3.05) is 11.9 Å². The van der Waals surface area contributed by atoms with Crippen molar-refractivity contribution in [2.45, 2.75) is 6.92 Å². The van der Waals surface area contributed by atoms with Crippen LogP contribution in [0.25, 0.3) is 16.2 Å². The molecule has 1 aromatic heterocycles. The molecule has 226 valence electrons. The number of nitrogens with one attached hydrogen (secondary N) is 2. The van der Waals surface area contributed by atoms with E-state index in [1.165, 1.54) is 23.6 Å². The number of rotatable bonds is 10. The number of carbonyl (C=O) groups is 3. The Morgan fingerprint density at radius 1 is 0.867 bits per heavy atom. The molecular weight excluding hydrogens is 633 g/mol. The molecule has 0 radical (unpaired) electrons. The Labute approximate surface area is 272 Å². The summed E-state index contributed by atoms with van der Waals surface area (Å²) in [6, 6.07) is 25.9. The number of hydrogen-bond acceptors (Lipinski definition) is 7. The van der Waals surface area contributed by atoms with Crippen molar-refractivity contribution in [1.82, 2.24) is 5.43 Å². The average Bonchev–Trinajstić information content (AvgIpc) is 3.37. The van der Waals surface area contributed by atoms with E-state index in [2.05, 4.69) is 15.8 Å². The van der Waals surface area contributed by atoms with Gasteiger partial charge in [0.2, 0.25) is 0 Å². The van der Waals surface area contributed by atoms with Gasteiger partial charge in [-0.05, 0) is 78.7 Å². The fraction of sp³-hybridized carbons (Fsp3) is 0.0588. The fourth-order valence-corrected chi connectivity index (χ4v) is 5.82. The molecule has 0 aliphatic heterocycles. The van der Waals surface area contributed by atoms with Gasteiger partial charge in [-0.1, -0.05) is 59.6 Å². The lowest BCUT2D eigenvalue weighted by Gasteiger charge is -2.10. The normalized spacial score (nSPS) is 11.2. The predicted octanol–water partition coefficient (Wildman–Crippen LogP) is 8.24. The summed E-state index contributed by atoms with van der Waals surface area (Å²) in [5, 5.41) is 8.50. The Kier molecular flexibility index (Phi) is 10.3. The highest BCUT2D eigenvalue weighted by atomic mass is 35.5. The van der Waals surface area contributed by atoms with Crippen LogP contribution in [-0.2, 0) is 4.79 Å². The molecule has 1 heterocycles. The van der Waals surface area contributed by atoms with Crippen LogP contribution >= 0.6 is 34.5 Å². The van der Waals surface area contributed by atoms with E-state index in [-0.39, 0.29) is 11.7 Å². The molecule has 11 heteroatoms. The summed E-state index contributed by atoms with van der Waals surface area (Å²) in [5.74, 6) is -0.753. The fourth-order valence-electron chi connectivity index (χ4n) is 4.14. The van der Waals surface area contributed by atoms with Gasteiger partial charge in [0.05, 0.1) is 17.8 Å². The number of ether oxygens (including phenoxy) is 2. The van der Waals surface area contributed by atoms with Crippen LogP contribution in [-0.4, -0.2) is 30.6 Å². The van der Waals surface area contributed by atoms with Gasteiger partial charge in [-0.25, -0.2) is 10.2 Å². The highest BCUT2D eigenvalue weighted by Crippen LogP contribution is 2.37. The second-order valence-corrected chi connectivity index (χ2v) is 11.3. The van der Waals surface area contributed by atoms with Gasteiger partial charge in [0.15, 0.2) is 11.5 Å². The molecule has 0 saturated carbocycles. The molecule has 0 saturated heterocycles. The first-order valence-corrected chi connectivity index (χ1v) is 15.2. The quantitative estimate of drug-likeness (QED) is 0.0517. The summed E-state index contributed by atoms with van der Waals surface area (Å²) in [7, 11) is 0. The van der Waals surface area contributed by atoms with Crippen molar-refractivity contribution in [3.63, 3.8) is 0 Å². The van der Waals surface area contributed by atoms with Gasteiger partial charge in [0.1, 0.15) is 4.88 Å². The van der Waals surface area contributed by atoms with Crippen LogP contribution in [0.2, 0.25) is 10.0 Å². The maximum Gasteiger partial charge on any atom is 0.336 e. The van der Waals surface area contributed by atoms with Crippen LogP contribution in [0, 0.1) is 0 Å². The van der Waals surface area contributed by atoms with Crippen LogP contribution in [0.5, 0.6) is 11.5 Å². The third kappa shape index (κ3) is 8.16. The van der Waals surface area contributed by atoms with E-state index in [1.807, 2.05) is 37.3 Å². The third-order valence-corrected chi connectivity index (χ3v) is 8.16. The molecule has 4 aromatic carbocycles. The van der Waals surface area contributed by atoms with E-state index in [1.54, 1.807) is 66.7 Å². The molecule has 2 amide bonds. The second kappa shape index (κ2) is 14.7. The van der Waals surface area contributed by atoms with E-state index in [4.69, 9.17) is 32.7 Å². The molecule has 0 unspecified atom stereocenters. The molecule has 0 spiro atoms. The Hall–Kier alpha value is -4.96. The first kappa shape index (κ1) is 31.5. The molecule has 45 heavy (non-hydrogen) atoms. The van der Waals surface area contributed by atoms with Crippen LogP contribution in [0.4, 0.5) is 5.69 Å². The van der Waals surface area contributed by atoms with E-state index in [0.29, 0.717) is 44.1 Å². The first-order valence-electron chi connectivity index (χ1n) is 13.6. The Balaban J connectivity index is 1.17. The number of esters is 1. The standard InChI is InChI=1S/C34H25Cl2N3O5S/c1-2-43-28-18-22(8-16-27(28)44-30(40)17-9-21-6-4-3-5-7-21)20-37-39-33(41)23-10-13-25(14-11-23)38-34(42)32-31(36)26-15-12-24(35)19-29(26)45-32/h3-20H,2H2,1H3,(H,38,42)(H,39,41)/b17-9+,37-20-. The monoisotopic (exact) mass is 657 g/mol. The predicted molar refractivity (Wildman–Crippen MR) is 180 cm³/mol. The lowest BCUT2D eigenvalue weighted by molar-refractivity contribution is -0.129. The van der Waals surface area contributed by atoms with E-state index in [9.17, 15) is 14.4 Å². The van der Waals surface area contributed by atoms with Crippen molar-refractivity contribution in [3.05, 3.63) is 129 Å². The van der Waals surface area contributed by atoms with Gasteiger partial charge in [-0.2, -0.15) is 5.10 Å². The minimum Gasteiger partial charge on any atom is -0.490 e. The van der Waals surface area contributed by atoms with E-state index >= 15 is 0 Å². The molecule has 0 aliphatic carbocycles. The highest BCUT2D eigenvalue weighted by Gasteiger charge is 2.18. The van der Waals surface area contributed by atoms with E-state index in [0.717, 1.165) is 15.6 Å². The number of hydrazone groups is 1. The number of amides is 2. The minimum atomic E-state index is -0.548. The molecular formula is C34H25Cl2N3O5S. The molecule has 5 aromatic rings. The van der Waals surface area contributed by atoms with Crippen molar-refractivity contribution in [1.29, 1.82) is 0 Å². The first-order chi connectivity index (χ1) is 21.8. The van der Waals surface area contributed by atoms with Gasteiger partial charge in [-0.15, -0.1) is 11.3 Å². The Morgan fingerprint density at radius 3 is 2.40 bits per heavy atom. The molecule has 0 aliphatic rings. The number of carbonyl (C=O) groups excluding carboxylic acids is 3. The average molecular weight is 659 g/mol. The SMILES string of the molecule is CCOc1cc(/C=N\NC(=O)c2ccc(NC(=O)c3sc4cc(Cl)ccc4c3Cl)cc2)ccc1OC(=O)/C=C/c1ccccc1. The molecule has 8 nitrogen and oxygen atoms in total. The van der Waals surface area contributed by atoms with Gasteiger partial charge in [0.25, 0.3) is 11.8 Å². The van der Waals surface area contributed by atoms with Crippen LogP contribution in [0.3, 0.4) is 0 Å². The smallest absolute Gasteiger partial charge is 0.336 e. The number of nitrogens with zero attached hydrogens (tertiary/aromatic N) is 1. The van der Waals surface area contributed by atoms with Crippen molar-refractivity contribution in [3.8, 4) is 11.5 Å². The highest BCUT2D eigenvalue weighted by molar-refractivity contribution is 7.21. The molecule has 0 fully saturated rings. The van der Waals surface area contributed by atoms with Crippen molar-refractivity contribution < 1.29 is 23.9 Å². The van der Waals surface area contributed by atoms with Crippen molar-refractivity contribution >= 4 is 80.4 Å². The van der Waals surface area contributed by atoms with Gasteiger partial charge in [-0.3, -0.25) is 9.59 Å². The zero-order chi connectivity index (χ0) is 31.8. The van der Waals surface area contributed by atoms with Crippen molar-refractivity contribution in [2.24, 2.45) is 5.10 Å². The summed E-state index contributed by atoms with van der Waals surface area (Å²) in [6.07, 6.45) is 4.45. The van der Waals surface area contributed by atoms with E-state index < -0.39 is 11.9 Å². The summed E-state index contributed by atoms with van der Waals surface area (Å²) in [6.45, 7) is 2.17. The third-order valence-electron chi connectivity index (χ3n) is 6.27. The largest absolute Gasteiger partial charge is 0.490 e. The lowest BCUT2D eigenvalue weighted by Crippen LogP contribution is -2.17. The Morgan fingerprint density at radius 2 is 1.64 bits per heavy atom. The summed E-state index contributed by atoms with van der Waals surface area (Å²) < 4.78 is 11.9. The number of hydrogen-bond donors (Lipinski definition) is 2. The van der Waals surface area contributed by atoms with Crippen LogP contribution in [0.1, 0.15) is 38.1 Å². The summed E-state index contributed by atoms with van der Waals surface area (Å²) >= 11 is 13.7. The molecule has 0 bridgehead atoms. The zero-order valence-corrected chi connectivity index (χ0v) is 26.1.